The molecule has 2 atom stereocenters. The van der Waals surface area contributed by atoms with Crippen LogP contribution < -0.4 is 0 Å². The van der Waals surface area contributed by atoms with Gasteiger partial charge in [-0.1, -0.05) is 0 Å². The van der Waals surface area contributed by atoms with E-state index in [1.165, 1.54) is 19.3 Å². The summed E-state index contributed by atoms with van der Waals surface area (Å²) in [6.07, 6.45) is 6.13. The van der Waals surface area contributed by atoms with Crippen LogP contribution in [0.4, 0.5) is 0 Å². The zero-order valence-electron chi connectivity index (χ0n) is 13.4. The number of carbonyl (C=O) groups excluding carboxylic acids is 2. The van der Waals surface area contributed by atoms with E-state index < -0.39 is 0 Å². The maximum atomic E-state index is 11.5. The summed E-state index contributed by atoms with van der Waals surface area (Å²) in [7, 11) is 0. The molecule has 0 bridgehead atoms. The maximum absolute atomic E-state index is 11.5. The molecule has 0 aromatic carbocycles. The Morgan fingerprint density at radius 1 is 1.04 bits per heavy atom. The van der Waals surface area contributed by atoms with Crippen LogP contribution in [0.2, 0.25) is 0 Å². The van der Waals surface area contributed by atoms with E-state index in [0.29, 0.717) is 50.4 Å². The van der Waals surface area contributed by atoms with Crippen molar-refractivity contribution in [1.29, 1.82) is 0 Å². The third-order valence-electron chi connectivity index (χ3n) is 4.07. The molecule has 0 amide bonds. The Hall–Kier alpha value is -0.400. The van der Waals surface area contributed by atoms with E-state index in [4.69, 9.17) is 14.2 Å². The van der Waals surface area contributed by atoms with Crippen molar-refractivity contribution in [3.05, 3.63) is 0 Å². The van der Waals surface area contributed by atoms with Crippen LogP contribution in [0.3, 0.4) is 0 Å². The molecule has 1 aliphatic carbocycles. The van der Waals surface area contributed by atoms with Crippen LogP contribution in [0.1, 0.15) is 38.5 Å². The highest BCUT2D eigenvalue weighted by molar-refractivity contribution is 7.99. The number of carbonyl (C=O) groups is 2. The summed E-state index contributed by atoms with van der Waals surface area (Å²) in [5.74, 6) is 2.80. The Balaban J connectivity index is 1.33. The SMILES string of the molecule is O=C(CCS)OCCCOC(=O)CCSCCC1CC2OC2C1. The summed E-state index contributed by atoms with van der Waals surface area (Å²) in [6, 6.07) is 0. The molecule has 0 aromatic rings. The van der Waals surface area contributed by atoms with E-state index in [2.05, 4.69) is 12.6 Å². The van der Waals surface area contributed by atoms with E-state index in [-0.39, 0.29) is 11.9 Å². The van der Waals surface area contributed by atoms with E-state index in [0.717, 1.165) is 17.4 Å². The van der Waals surface area contributed by atoms with Gasteiger partial charge in [-0.3, -0.25) is 9.59 Å². The lowest BCUT2D eigenvalue weighted by molar-refractivity contribution is -0.145. The van der Waals surface area contributed by atoms with Crippen LogP contribution in [0.15, 0.2) is 0 Å². The normalized spacial score (nSPS) is 25.0. The molecule has 0 aromatic heterocycles. The lowest BCUT2D eigenvalue weighted by Gasteiger charge is -2.10. The van der Waals surface area contributed by atoms with E-state index >= 15 is 0 Å². The van der Waals surface area contributed by atoms with E-state index in [1.54, 1.807) is 0 Å². The average Bonchev–Trinajstić information content (AvgIpc) is 3.13. The summed E-state index contributed by atoms with van der Waals surface area (Å²) in [5.41, 5.74) is 0. The molecule has 23 heavy (non-hydrogen) atoms. The van der Waals surface area contributed by atoms with Crippen LogP contribution >= 0.6 is 24.4 Å². The quantitative estimate of drug-likeness (QED) is 0.249. The molecule has 0 radical (unpaired) electrons. The first-order chi connectivity index (χ1) is 11.2. The number of hydrogen-bond acceptors (Lipinski definition) is 7. The molecule has 2 fully saturated rings. The minimum absolute atomic E-state index is 0.172. The van der Waals surface area contributed by atoms with Gasteiger partial charge in [0.15, 0.2) is 0 Å². The van der Waals surface area contributed by atoms with Gasteiger partial charge >= 0.3 is 11.9 Å². The van der Waals surface area contributed by atoms with Crippen LogP contribution in [0.25, 0.3) is 0 Å². The molecular weight excluding hydrogens is 336 g/mol. The van der Waals surface area contributed by atoms with Crippen LogP contribution in [-0.4, -0.2) is 54.6 Å². The summed E-state index contributed by atoms with van der Waals surface area (Å²) < 4.78 is 15.5. The fourth-order valence-corrected chi connectivity index (χ4v) is 3.95. The van der Waals surface area contributed by atoms with Crippen molar-refractivity contribution in [2.75, 3.05) is 30.5 Å². The molecule has 2 rings (SSSR count). The number of thioether (sulfide) groups is 1. The minimum Gasteiger partial charge on any atom is -0.466 e. The first-order valence-corrected chi connectivity index (χ1v) is 10.1. The molecule has 132 valence electrons. The lowest BCUT2D eigenvalue weighted by Crippen LogP contribution is -2.11. The fourth-order valence-electron chi connectivity index (χ4n) is 2.76. The van der Waals surface area contributed by atoms with Crippen molar-refractivity contribution in [1.82, 2.24) is 0 Å². The van der Waals surface area contributed by atoms with Crippen molar-refractivity contribution in [3.8, 4) is 0 Å². The van der Waals surface area contributed by atoms with Gasteiger partial charge in [0, 0.05) is 17.9 Å². The second kappa shape index (κ2) is 10.5. The molecule has 1 saturated carbocycles. The van der Waals surface area contributed by atoms with Gasteiger partial charge in [0.1, 0.15) is 0 Å². The molecular formula is C16H26O5S2. The van der Waals surface area contributed by atoms with Gasteiger partial charge < -0.3 is 14.2 Å². The average molecular weight is 363 g/mol. The number of rotatable bonds is 12. The number of fused-ring (bicyclic) bond motifs is 1. The van der Waals surface area contributed by atoms with Gasteiger partial charge in [-0.15, -0.1) is 0 Å². The topological polar surface area (TPSA) is 65.1 Å². The van der Waals surface area contributed by atoms with Gasteiger partial charge in [-0.25, -0.2) is 0 Å². The second-order valence-corrected chi connectivity index (χ2v) is 7.64. The van der Waals surface area contributed by atoms with Crippen molar-refractivity contribution in [3.63, 3.8) is 0 Å². The molecule has 1 heterocycles. The number of hydrogen-bond donors (Lipinski definition) is 1. The molecule has 0 N–H and O–H groups in total. The number of esters is 2. The van der Waals surface area contributed by atoms with Gasteiger partial charge in [0.25, 0.3) is 0 Å². The third-order valence-corrected chi connectivity index (χ3v) is 5.31. The summed E-state index contributed by atoms with van der Waals surface area (Å²) in [6.45, 7) is 0.601. The van der Waals surface area contributed by atoms with Crippen LogP contribution in [0.5, 0.6) is 0 Å². The highest BCUT2D eigenvalue weighted by atomic mass is 32.2. The smallest absolute Gasteiger partial charge is 0.306 e. The van der Waals surface area contributed by atoms with Crippen molar-refractivity contribution < 1.29 is 23.8 Å². The van der Waals surface area contributed by atoms with Crippen LogP contribution in [-0.2, 0) is 23.8 Å². The summed E-state index contributed by atoms with van der Waals surface area (Å²) >= 11 is 5.77. The molecule has 2 aliphatic rings. The van der Waals surface area contributed by atoms with Gasteiger partial charge in [0.2, 0.25) is 0 Å². The Labute approximate surface area is 147 Å². The number of thiol groups is 1. The first kappa shape index (κ1) is 18.9. The Bertz CT molecular complexity index is 381. The molecule has 1 aliphatic heterocycles. The fraction of sp³-hybridized carbons (Fsp3) is 0.875. The van der Waals surface area contributed by atoms with Crippen LogP contribution in [0, 0.1) is 5.92 Å². The second-order valence-electron chi connectivity index (χ2n) is 5.97. The predicted molar refractivity (Wildman–Crippen MR) is 92.9 cm³/mol. The Morgan fingerprint density at radius 2 is 1.70 bits per heavy atom. The molecule has 2 unspecified atom stereocenters. The molecule has 1 saturated heterocycles. The molecule has 0 spiro atoms. The Kier molecular flexibility index (Phi) is 8.61. The van der Waals surface area contributed by atoms with Crippen molar-refractivity contribution in [2.45, 2.75) is 50.7 Å². The minimum atomic E-state index is -0.256. The molecule has 5 nitrogen and oxygen atoms in total. The standard InChI is InChI=1S/C16H26O5S2/c17-15(2-7-22)19-5-1-6-20-16(18)4-9-23-8-3-12-10-13-14(11-12)21-13/h12-14,22H,1-11H2. The number of ether oxygens (including phenoxy) is 3. The highest BCUT2D eigenvalue weighted by Crippen LogP contribution is 2.43. The summed E-state index contributed by atoms with van der Waals surface area (Å²) in [5, 5.41) is 0. The monoisotopic (exact) mass is 362 g/mol. The van der Waals surface area contributed by atoms with Crippen molar-refractivity contribution in [2.24, 2.45) is 5.92 Å². The number of epoxide rings is 1. The zero-order chi connectivity index (χ0) is 16.5. The van der Waals surface area contributed by atoms with Gasteiger partial charge in [0.05, 0.1) is 38.3 Å². The summed E-state index contributed by atoms with van der Waals surface area (Å²) in [4.78, 5) is 22.6. The Morgan fingerprint density at radius 3 is 2.35 bits per heavy atom. The van der Waals surface area contributed by atoms with Gasteiger partial charge in [-0.05, 0) is 30.9 Å². The van der Waals surface area contributed by atoms with E-state index in [1.807, 2.05) is 11.8 Å². The third kappa shape index (κ3) is 7.81. The maximum Gasteiger partial charge on any atom is 0.306 e. The predicted octanol–water partition coefficient (Wildman–Crippen LogP) is 2.47. The first-order valence-electron chi connectivity index (χ1n) is 8.34. The van der Waals surface area contributed by atoms with E-state index in [9.17, 15) is 9.59 Å². The lowest BCUT2D eigenvalue weighted by atomic mass is 10.1. The zero-order valence-corrected chi connectivity index (χ0v) is 15.1. The molecule has 7 heteroatoms. The largest absolute Gasteiger partial charge is 0.466 e. The van der Waals surface area contributed by atoms with Gasteiger partial charge in [-0.2, -0.15) is 24.4 Å². The van der Waals surface area contributed by atoms with Crippen molar-refractivity contribution >= 4 is 36.3 Å². The highest BCUT2D eigenvalue weighted by Gasteiger charge is 2.47.